The minimum Gasteiger partial charge on any atom is -0.319 e. The Morgan fingerprint density at radius 2 is 2.43 bits per heavy atom. The van der Waals surface area contributed by atoms with Crippen LogP contribution in [0.15, 0.2) is 0 Å². The average molecular weight is 99.1 g/mol. The second kappa shape index (κ2) is 1.07. The van der Waals surface area contributed by atoms with Crippen LogP contribution in [0.25, 0.3) is 0 Å². The van der Waals surface area contributed by atoms with E-state index in [1.54, 1.807) is 0 Å². The number of rotatable bonds is 1. The maximum absolute atomic E-state index is 9.97. The van der Waals surface area contributed by atoms with Gasteiger partial charge in [0.25, 0.3) is 0 Å². The molecular formula is C5H9NO. The fourth-order valence-electron chi connectivity index (χ4n) is 0.636. The molecule has 40 valence electrons. The van der Waals surface area contributed by atoms with Gasteiger partial charge in [-0.1, -0.05) is 6.92 Å². The van der Waals surface area contributed by atoms with Gasteiger partial charge < -0.3 is 10.5 Å². The van der Waals surface area contributed by atoms with Crippen molar-refractivity contribution in [3.05, 3.63) is 0 Å². The smallest absolute Gasteiger partial charge is 0.140 e. The van der Waals surface area contributed by atoms with Crippen molar-refractivity contribution in [2.45, 2.75) is 18.9 Å². The third kappa shape index (κ3) is 0.548. The first-order chi connectivity index (χ1) is 3.19. The number of carbonyl (C=O) groups is 1. The van der Waals surface area contributed by atoms with Gasteiger partial charge in [-0.15, -0.1) is 0 Å². The highest BCUT2D eigenvalue weighted by Gasteiger charge is 2.47. The predicted octanol–water partition coefficient (Wildman–Crippen LogP) is -0.0774. The molecule has 0 aromatic carbocycles. The van der Waals surface area contributed by atoms with E-state index in [0.717, 1.165) is 12.7 Å². The van der Waals surface area contributed by atoms with Gasteiger partial charge in [0.05, 0.1) is 5.54 Å². The lowest BCUT2D eigenvalue weighted by atomic mass is 10.3. The number of hydrogen-bond donors (Lipinski definition) is 1. The van der Waals surface area contributed by atoms with E-state index in [1.165, 1.54) is 0 Å². The van der Waals surface area contributed by atoms with Gasteiger partial charge in [-0.2, -0.15) is 0 Å². The zero-order valence-corrected chi connectivity index (χ0v) is 4.35. The molecule has 2 unspecified atom stereocenters. The lowest BCUT2D eigenvalue weighted by Gasteiger charge is -1.92. The summed E-state index contributed by atoms with van der Waals surface area (Å²) in [5, 5.41) is 0. The summed E-state index contributed by atoms with van der Waals surface area (Å²) in [5.41, 5.74) is 4.99. The fraction of sp³-hybridized carbons (Fsp3) is 0.800. The topological polar surface area (TPSA) is 43.1 Å². The molecule has 0 aromatic heterocycles. The molecule has 0 spiro atoms. The predicted molar refractivity (Wildman–Crippen MR) is 26.8 cm³/mol. The monoisotopic (exact) mass is 99.1 g/mol. The summed E-state index contributed by atoms with van der Waals surface area (Å²) in [6.45, 7) is 1.98. The van der Waals surface area contributed by atoms with Gasteiger partial charge in [-0.25, -0.2) is 0 Å². The highest BCUT2D eigenvalue weighted by molar-refractivity contribution is 5.69. The number of hydrogen-bond acceptors (Lipinski definition) is 2. The Morgan fingerprint density at radius 1 is 2.00 bits per heavy atom. The second-order valence-electron chi connectivity index (χ2n) is 2.34. The third-order valence-electron chi connectivity index (χ3n) is 1.64. The van der Waals surface area contributed by atoms with Gasteiger partial charge in [0, 0.05) is 0 Å². The molecule has 7 heavy (non-hydrogen) atoms. The zero-order chi connectivity index (χ0) is 5.49. The van der Waals surface area contributed by atoms with Crippen LogP contribution in [0.3, 0.4) is 0 Å². The molecule has 2 nitrogen and oxygen atoms in total. The molecule has 0 heterocycles. The van der Waals surface area contributed by atoms with E-state index >= 15 is 0 Å². The zero-order valence-electron chi connectivity index (χ0n) is 4.35. The van der Waals surface area contributed by atoms with Crippen molar-refractivity contribution >= 4 is 6.29 Å². The summed E-state index contributed by atoms with van der Waals surface area (Å²) in [7, 11) is 0. The van der Waals surface area contributed by atoms with E-state index in [9.17, 15) is 4.79 Å². The minimum atomic E-state index is -0.431. The van der Waals surface area contributed by atoms with Crippen molar-refractivity contribution in [2.75, 3.05) is 0 Å². The summed E-state index contributed by atoms with van der Waals surface area (Å²) in [6, 6.07) is 0. The highest BCUT2D eigenvalue weighted by Crippen LogP contribution is 2.37. The van der Waals surface area contributed by atoms with Crippen LogP contribution in [0, 0.1) is 5.92 Å². The van der Waals surface area contributed by atoms with E-state index in [-0.39, 0.29) is 0 Å². The van der Waals surface area contributed by atoms with Crippen LogP contribution in [0.5, 0.6) is 0 Å². The van der Waals surface area contributed by atoms with Gasteiger partial charge >= 0.3 is 0 Å². The molecule has 0 amide bonds. The quantitative estimate of drug-likeness (QED) is 0.467. The van der Waals surface area contributed by atoms with Crippen LogP contribution in [0.4, 0.5) is 0 Å². The largest absolute Gasteiger partial charge is 0.319 e. The molecule has 0 bridgehead atoms. The van der Waals surface area contributed by atoms with Crippen LogP contribution in [0.2, 0.25) is 0 Å². The molecular weight excluding hydrogens is 90.1 g/mol. The van der Waals surface area contributed by atoms with E-state index in [0.29, 0.717) is 5.92 Å². The molecule has 0 saturated heterocycles. The lowest BCUT2D eigenvalue weighted by Crippen LogP contribution is -2.25. The standard InChI is InChI=1S/C5H9NO/c1-4-2-5(4,6)3-7/h3-4H,2,6H2,1H3. The van der Waals surface area contributed by atoms with Crippen molar-refractivity contribution in [3.8, 4) is 0 Å². The summed E-state index contributed by atoms with van der Waals surface area (Å²) in [5.74, 6) is 0.421. The molecule has 2 atom stereocenters. The lowest BCUT2D eigenvalue weighted by molar-refractivity contribution is -0.109. The molecule has 0 aromatic rings. The van der Waals surface area contributed by atoms with E-state index in [4.69, 9.17) is 5.73 Å². The average Bonchev–Trinajstić information content (AvgIpc) is 2.18. The van der Waals surface area contributed by atoms with Crippen molar-refractivity contribution in [3.63, 3.8) is 0 Å². The van der Waals surface area contributed by atoms with Crippen molar-refractivity contribution < 1.29 is 4.79 Å². The first kappa shape index (κ1) is 4.78. The van der Waals surface area contributed by atoms with Crippen LogP contribution < -0.4 is 5.73 Å². The minimum absolute atomic E-state index is 0.421. The number of nitrogens with two attached hydrogens (primary N) is 1. The first-order valence-corrected chi connectivity index (χ1v) is 2.44. The van der Waals surface area contributed by atoms with E-state index in [2.05, 4.69) is 0 Å². The van der Waals surface area contributed by atoms with Crippen LogP contribution in [0.1, 0.15) is 13.3 Å². The molecule has 2 heteroatoms. The Balaban J connectivity index is 2.51. The fourth-order valence-corrected chi connectivity index (χ4v) is 0.636. The Morgan fingerprint density at radius 3 is 2.43 bits per heavy atom. The second-order valence-corrected chi connectivity index (χ2v) is 2.34. The van der Waals surface area contributed by atoms with Gasteiger partial charge in [0.1, 0.15) is 6.29 Å². The first-order valence-electron chi connectivity index (χ1n) is 2.44. The van der Waals surface area contributed by atoms with E-state index < -0.39 is 5.54 Å². The van der Waals surface area contributed by atoms with Gasteiger partial charge in [0.2, 0.25) is 0 Å². The molecule has 1 aliphatic carbocycles. The van der Waals surface area contributed by atoms with Crippen molar-refractivity contribution in [1.29, 1.82) is 0 Å². The maximum Gasteiger partial charge on any atom is 0.140 e. The van der Waals surface area contributed by atoms with Crippen LogP contribution in [-0.4, -0.2) is 11.8 Å². The molecule has 1 saturated carbocycles. The summed E-state index contributed by atoms with van der Waals surface area (Å²) >= 11 is 0. The van der Waals surface area contributed by atoms with Gasteiger partial charge in [-0.3, -0.25) is 0 Å². The van der Waals surface area contributed by atoms with Gasteiger partial charge in [-0.05, 0) is 12.3 Å². The van der Waals surface area contributed by atoms with Crippen molar-refractivity contribution in [1.82, 2.24) is 0 Å². The molecule has 1 aliphatic rings. The van der Waals surface area contributed by atoms with Crippen LogP contribution in [-0.2, 0) is 4.79 Å². The van der Waals surface area contributed by atoms with Crippen molar-refractivity contribution in [2.24, 2.45) is 11.7 Å². The van der Waals surface area contributed by atoms with E-state index in [1.807, 2.05) is 6.92 Å². The third-order valence-corrected chi connectivity index (χ3v) is 1.64. The molecule has 1 fully saturated rings. The summed E-state index contributed by atoms with van der Waals surface area (Å²) in [6.07, 6.45) is 1.72. The van der Waals surface area contributed by atoms with Crippen LogP contribution >= 0.6 is 0 Å². The Bertz CT molecular complexity index is 102. The maximum atomic E-state index is 9.97. The number of carbonyl (C=O) groups excluding carboxylic acids is 1. The summed E-state index contributed by atoms with van der Waals surface area (Å²) < 4.78 is 0. The molecule has 1 rings (SSSR count). The Kier molecular flexibility index (Phi) is 0.729. The molecule has 0 radical (unpaired) electrons. The normalized spacial score (nSPS) is 48.6. The van der Waals surface area contributed by atoms with Gasteiger partial charge in [0.15, 0.2) is 0 Å². The molecule has 0 aliphatic heterocycles. The number of aldehydes is 1. The Labute approximate surface area is 42.7 Å². The summed E-state index contributed by atoms with van der Waals surface area (Å²) in [4.78, 5) is 9.97. The SMILES string of the molecule is CC1CC1(N)C=O. The molecule has 2 N–H and O–H groups in total. The Hall–Kier alpha value is -0.370. The highest BCUT2D eigenvalue weighted by atomic mass is 16.1.